The van der Waals surface area contributed by atoms with Crippen molar-refractivity contribution < 1.29 is 23.8 Å². The molecule has 1 aliphatic carbocycles. The number of hydrogen-bond acceptors (Lipinski definition) is 7. The molecule has 7 heteroatoms. The first-order valence-electron chi connectivity index (χ1n) is 14.6. The maximum atomic E-state index is 13.2. The lowest BCUT2D eigenvalue weighted by atomic mass is 9.82. The first-order chi connectivity index (χ1) is 19.6. The number of likely N-dealkylation sites (tertiary alicyclic amines) is 1. The minimum absolute atomic E-state index is 0.150. The highest BCUT2D eigenvalue weighted by atomic mass is 16.5. The van der Waals surface area contributed by atoms with Gasteiger partial charge >= 0.3 is 5.97 Å². The van der Waals surface area contributed by atoms with Crippen LogP contribution in [0.25, 0.3) is 21.7 Å². The molecular weight excluding hydrogens is 504 g/mol. The predicted molar refractivity (Wildman–Crippen MR) is 155 cm³/mol. The number of piperidine rings is 1. The molecule has 2 aliphatic rings. The van der Waals surface area contributed by atoms with Gasteiger partial charge < -0.3 is 19.0 Å². The Kier molecular flexibility index (Phi) is 7.65. The molecule has 1 N–H and O–H groups in total. The second kappa shape index (κ2) is 11.5. The van der Waals surface area contributed by atoms with Crippen LogP contribution in [-0.4, -0.2) is 47.8 Å². The predicted octanol–water partition coefficient (Wildman–Crippen LogP) is 7.32. The molecule has 0 bridgehead atoms. The Morgan fingerprint density at radius 2 is 1.88 bits per heavy atom. The van der Waals surface area contributed by atoms with E-state index in [4.69, 9.17) is 13.9 Å². The van der Waals surface area contributed by atoms with Crippen LogP contribution in [0.1, 0.15) is 84.7 Å². The van der Waals surface area contributed by atoms with Crippen LogP contribution in [0.15, 0.2) is 47.1 Å². The minimum atomic E-state index is -0.480. The third-order valence-corrected chi connectivity index (χ3v) is 8.79. The summed E-state index contributed by atoms with van der Waals surface area (Å²) in [5.74, 6) is 1.72. The highest BCUT2D eigenvalue weighted by Gasteiger charge is 2.34. The number of nitrogens with zero attached hydrogens (tertiary/aromatic N) is 2. The summed E-state index contributed by atoms with van der Waals surface area (Å²) in [6.07, 6.45) is 13.2. The zero-order valence-electron chi connectivity index (χ0n) is 23.4. The average Bonchev–Trinajstić information content (AvgIpc) is 3.31. The second-order valence-electron chi connectivity index (χ2n) is 11.3. The molecule has 2 aromatic carbocycles. The van der Waals surface area contributed by atoms with Crippen molar-refractivity contribution in [2.24, 2.45) is 5.92 Å². The number of aromatic nitrogens is 1. The number of ether oxygens (including phenoxy) is 2. The lowest BCUT2D eigenvalue weighted by molar-refractivity contribution is 0.0600. The van der Waals surface area contributed by atoms with Crippen LogP contribution in [0.2, 0.25) is 0 Å². The first kappa shape index (κ1) is 26.6. The van der Waals surface area contributed by atoms with Gasteiger partial charge in [0.2, 0.25) is 0 Å². The molecule has 1 unspecified atom stereocenters. The van der Waals surface area contributed by atoms with Gasteiger partial charge in [0.25, 0.3) is 0 Å². The van der Waals surface area contributed by atoms with E-state index in [-0.39, 0.29) is 11.8 Å². The van der Waals surface area contributed by atoms with Gasteiger partial charge in [-0.1, -0.05) is 25.7 Å². The zero-order valence-corrected chi connectivity index (χ0v) is 23.4. The lowest BCUT2D eigenvalue weighted by Gasteiger charge is -2.36. The number of methoxy groups -OCH3 is 1. The molecule has 0 spiro atoms. The smallest absolute Gasteiger partial charge is 0.342 e. The van der Waals surface area contributed by atoms with E-state index >= 15 is 0 Å². The Balaban J connectivity index is 1.51. The zero-order chi connectivity index (χ0) is 27.6. The second-order valence-corrected chi connectivity index (χ2v) is 11.3. The van der Waals surface area contributed by atoms with Crippen LogP contribution in [0.4, 0.5) is 0 Å². The van der Waals surface area contributed by atoms with E-state index in [1.165, 1.54) is 39.2 Å². The number of esters is 1. The fourth-order valence-electron chi connectivity index (χ4n) is 6.50. The Morgan fingerprint density at radius 3 is 2.58 bits per heavy atom. The highest BCUT2D eigenvalue weighted by molar-refractivity contribution is 6.17. The average molecular weight is 543 g/mol. The Labute approximate surface area is 235 Å². The molecule has 2 aromatic heterocycles. The van der Waals surface area contributed by atoms with Crippen molar-refractivity contribution in [2.45, 2.75) is 64.3 Å². The fourth-order valence-corrected chi connectivity index (χ4v) is 6.50. The molecular formula is C33H38N2O5. The fraction of sp³-hybridized carbons (Fsp3) is 0.455. The van der Waals surface area contributed by atoms with Crippen LogP contribution < -0.4 is 4.74 Å². The van der Waals surface area contributed by atoms with Gasteiger partial charge in [-0.3, -0.25) is 9.88 Å². The number of fused-ring (bicyclic) bond motifs is 3. The van der Waals surface area contributed by atoms with Crippen LogP contribution in [0, 0.1) is 12.8 Å². The van der Waals surface area contributed by atoms with Crippen LogP contribution in [0.3, 0.4) is 0 Å². The van der Waals surface area contributed by atoms with Gasteiger partial charge in [0.1, 0.15) is 28.4 Å². The van der Waals surface area contributed by atoms with Crippen molar-refractivity contribution in [3.8, 4) is 11.5 Å². The molecule has 6 rings (SSSR count). The molecule has 3 heterocycles. The number of pyridine rings is 1. The van der Waals surface area contributed by atoms with E-state index in [0.29, 0.717) is 39.8 Å². The van der Waals surface area contributed by atoms with Gasteiger partial charge in [-0.05, 0) is 87.5 Å². The number of phenolic OH excluding ortho intramolecular Hbond substituents is 1. The van der Waals surface area contributed by atoms with Crippen molar-refractivity contribution in [1.82, 2.24) is 9.88 Å². The number of furan rings is 1. The number of hydrogen-bond donors (Lipinski definition) is 1. The van der Waals surface area contributed by atoms with E-state index in [0.717, 1.165) is 55.0 Å². The van der Waals surface area contributed by atoms with Gasteiger partial charge in [0, 0.05) is 34.1 Å². The largest absolute Gasteiger partial charge is 0.507 e. The molecule has 40 heavy (non-hydrogen) atoms. The molecule has 1 aliphatic heterocycles. The van der Waals surface area contributed by atoms with Gasteiger partial charge in [0.15, 0.2) is 0 Å². The highest BCUT2D eigenvalue weighted by Crippen LogP contribution is 2.48. The summed E-state index contributed by atoms with van der Waals surface area (Å²) in [5.41, 5.74) is 2.60. The maximum Gasteiger partial charge on any atom is 0.342 e. The molecule has 0 amide bonds. The van der Waals surface area contributed by atoms with Crippen LogP contribution in [-0.2, 0) is 4.74 Å². The van der Waals surface area contributed by atoms with Crippen molar-refractivity contribution in [3.63, 3.8) is 0 Å². The van der Waals surface area contributed by atoms with Gasteiger partial charge in [-0.15, -0.1) is 0 Å². The molecule has 7 nitrogen and oxygen atoms in total. The van der Waals surface area contributed by atoms with Crippen LogP contribution in [0.5, 0.6) is 11.5 Å². The summed E-state index contributed by atoms with van der Waals surface area (Å²) in [7, 11) is 1.38. The van der Waals surface area contributed by atoms with Gasteiger partial charge in [-0.25, -0.2) is 4.79 Å². The van der Waals surface area contributed by atoms with E-state index < -0.39 is 5.97 Å². The summed E-state index contributed by atoms with van der Waals surface area (Å²) in [4.78, 5) is 19.8. The van der Waals surface area contributed by atoms with Crippen molar-refractivity contribution in [1.29, 1.82) is 0 Å². The summed E-state index contributed by atoms with van der Waals surface area (Å²) >= 11 is 0. The molecule has 1 saturated carbocycles. The Hall–Kier alpha value is -3.58. The van der Waals surface area contributed by atoms with E-state index in [1.807, 2.05) is 30.3 Å². The summed E-state index contributed by atoms with van der Waals surface area (Å²) in [6.45, 7) is 4.22. The minimum Gasteiger partial charge on any atom is -0.507 e. The number of phenols is 1. The Bertz CT molecular complexity index is 1500. The van der Waals surface area contributed by atoms with Crippen LogP contribution >= 0.6 is 0 Å². The summed E-state index contributed by atoms with van der Waals surface area (Å²) in [6, 6.07) is 9.44. The number of aryl methyl sites for hydroxylation is 1. The Morgan fingerprint density at radius 1 is 1.10 bits per heavy atom. The lowest BCUT2D eigenvalue weighted by Crippen LogP contribution is -2.34. The number of rotatable bonds is 9. The number of aromatic hydroxyl groups is 1. The maximum absolute atomic E-state index is 13.2. The molecule has 0 radical (unpaired) electrons. The van der Waals surface area contributed by atoms with Gasteiger partial charge in [0.05, 0.1) is 19.8 Å². The molecule has 4 aromatic rings. The first-order valence-corrected chi connectivity index (χ1v) is 14.6. The van der Waals surface area contributed by atoms with Crippen molar-refractivity contribution in [2.75, 3.05) is 26.8 Å². The van der Waals surface area contributed by atoms with Gasteiger partial charge in [-0.2, -0.15) is 0 Å². The van der Waals surface area contributed by atoms with E-state index in [9.17, 15) is 9.90 Å². The third kappa shape index (κ3) is 4.92. The number of carbonyl (C=O) groups is 1. The topological polar surface area (TPSA) is 85.0 Å². The standard InChI is InChI=1S/C33H38N2O5/c1-21-27(33(37)38-2)28-29(30(23-13-15-34-16-14-23)35-17-4-3-5-18-35)31(36)25-12-11-24(20-26(25)32(28)40-21)39-19-7-10-22-8-6-9-22/h11-16,20,22,30,36H,3-10,17-19H2,1-2H3. The number of carbonyl (C=O) groups excluding carboxylic acids is 1. The third-order valence-electron chi connectivity index (χ3n) is 8.79. The van der Waals surface area contributed by atoms with Crippen molar-refractivity contribution in [3.05, 3.63) is 65.2 Å². The molecule has 1 atom stereocenters. The van der Waals surface area contributed by atoms with Crippen molar-refractivity contribution >= 4 is 27.7 Å². The summed E-state index contributed by atoms with van der Waals surface area (Å²) in [5, 5.41) is 14.0. The van der Waals surface area contributed by atoms with E-state index in [2.05, 4.69) is 9.88 Å². The molecule has 2 fully saturated rings. The summed E-state index contributed by atoms with van der Waals surface area (Å²) < 4.78 is 17.7. The quantitative estimate of drug-likeness (QED) is 0.175. The molecule has 1 saturated heterocycles. The van der Waals surface area contributed by atoms with E-state index in [1.54, 1.807) is 19.3 Å². The molecule has 210 valence electrons. The normalized spacial score (nSPS) is 17.1. The number of benzene rings is 2. The monoisotopic (exact) mass is 542 g/mol. The SMILES string of the molecule is COC(=O)c1c(C)oc2c1c(C(c1ccncc1)N1CCCCC1)c(O)c1ccc(OCCCC3CCC3)cc12.